The first-order valence-electron chi connectivity index (χ1n) is 10.4. The third-order valence-electron chi connectivity index (χ3n) is 5.43. The van der Waals surface area contributed by atoms with Crippen molar-refractivity contribution in [2.24, 2.45) is 0 Å². The Labute approximate surface area is 186 Å². The fourth-order valence-electron chi connectivity index (χ4n) is 3.73. The van der Waals surface area contributed by atoms with Crippen LogP contribution in [0.25, 0.3) is 11.1 Å². The molecule has 0 saturated carbocycles. The number of hydrogen-bond acceptors (Lipinski definition) is 5. The van der Waals surface area contributed by atoms with E-state index in [1.54, 1.807) is 25.1 Å². The number of nitrogens with one attached hydrogen (secondary N) is 2. The van der Waals surface area contributed by atoms with Gasteiger partial charge in [0.25, 0.3) is 0 Å². The Kier molecular flexibility index (Phi) is 5.94. The number of hydrogen-bond donors (Lipinski definition) is 2. The molecule has 3 aromatic rings. The van der Waals surface area contributed by atoms with Gasteiger partial charge in [0, 0.05) is 24.9 Å². The molecular weight excluding hydrogens is 428 g/mol. The summed E-state index contributed by atoms with van der Waals surface area (Å²) in [5.74, 6) is -0.257. The van der Waals surface area contributed by atoms with Gasteiger partial charge >= 0.3 is 0 Å². The van der Waals surface area contributed by atoms with E-state index in [0.29, 0.717) is 34.6 Å². The monoisotopic (exact) mass is 452 g/mol. The molecular formula is C23H24N4O4S. The molecule has 166 valence electrons. The highest BCUT2D eigenvalue weighted by atomic mass is 32.2. The van der Waals surface area contributed by atoms with Crippen LogP contribution >= 0.6 is 0 Å². The fourth-order valence-corrected chi connectivity index (χ4v) is 5.01. The summed E-state index contributed by atoms with van der Waals surface area (Å²) in [5.41, 5.74) is 3.19. The van der Waals surface area contributed by atoms with E-state index in [9.17, 15) is 18.0 Å². The summed E-state index contributed by atoms with van der Waals surface area (Å²) in [6.07, 6.45) is 0.667. The molecule has 2 aromatic carbocycles. The second-order valence-electron chi connectivity index (χ2n) is 7.67. The van der Waals surface area contributed by atoms with Gasteiger partial charge in [-0.3, -0.25) is 9.59 Å². The molecule has 0 atom stereocenters. The average molecular weight is 453 g/mol. The zero-order valence-electron chi connectivity index (χ0n) is 17.9. The number of fused-ring (bicyclic) bond motifs is 1. The number of carbonyl (C=O) groups excluding carboxylic acids is 2. The third-order valence-corrected chi connectivity index (χ3v) is 6.97. The van der Waals surface area contributed by atoms with Crippen LogP contribution in [0.15, 0.2) is 53.4 Å². The average Bonchev–Trinajstić information content (AvgIpc) is 3.08. The van der Waals surface area contributed by atoms with E-state index in [1.807, 2.05) is 37.3 Å². The van der Waals surface area contributed by atoms with E-state index in [2.05, 4.69) is 15.1 Å². The predicted molar refractivity (Wildman–Crippen MR) is 121 cm³/mol. The molecule has 4 rings (SSSR count). The Hall–Kier alpha value is -3.30. The Morgan fingerprint density at radius 2 is 1.84 bits per heavy atom. The van der Waals surface area contributed by atoms with Crippen LogP contribution in [0, 0.1) is 6.92 Å². The highest BCUT2D eigenvalue weighted by molar-refractivity contribution is 7.89. The lowest BCUT2D eigenvalue weighted by atomic mass is 10.0. The van der Waals surface area contributed by atoms with Gasteiger partial charge in [0.15, 0.2) is 0 Å². The molecule has 2 heterocycles. The summed E-state index contributed by atoms with van der Waals surface area (Å²) in [6.45, 7) is 3.79. The molecule has 1 aromatic heterocycles. The van der Waals surface area contributed by atoms with Gasteiger partial charge in [-0.2, -0.15) is 9.78 Å². The molecule has 8 nitrogen and oxygen atoms in total. The number of aryl methyl sites for hydroxylation is 2. The molecule has 0 radical (unpaired) electrons. The van der Waals surface area contributed by atoms with E-state index >= 15 is 0 Å². The minimum absolute atomic E-state index is 0.0695. The SMILES string of the molecule is CCc1nn2c(c1-c1ccc(C)c(S(=O)(=O)NCc3ccccc3)c1)NC(=O)CCC2=O. The molecule has 0 bridgehead atoms. The first-order chi connectivity index (χ1) is 15.3. The van der Waals surface area contributed by atoms with Crippen LogP contribution in [0.4, 0.5) is 5.82 Å². The van der Waals surface area contributed by atoms with Crippen molar-refractivity contribution in [3.05, 3.63) is 65.4 Å². The van der Waals surface area contributed by atoms with Crippen molar-refractivity contribution >= 4 is 27.7 Å². The largest absolute Gasteiger partial charge is 0.310 e. The topological polar surface area (TPSA) is 110 Å². The van der Waals surface area contributed by atoms with Gasteiger partial charge in [-0.25, -0.2) is 13.1 Å². The van der Waals surface area contributed by atoms with Gasteiger partial charge in [-0.15, -0.1) is 0 Å². The van der Waals surface area contributed by atoms with Crippen LogP contribution in [-0.2, 0) is 27.8 Å². The Morgan fingerprint density at radius 1 is 1.09 bits per heavy atom. The highest BCUT2D eigenvalue weighted by Gasteiger charge is 2.28. The number of amides is 1. The number of carbonyl (C=O) groups is 2. The maximum atomic E-state index is 13.1. The van der Waals surface area contributed by atoms with Crippen molar-refractivity contribution in [2.75, 3.05) is 5.32 Å². The fraction of sp³-hybridized carbons (Fsp3) is 0.261. The second kappa shape index (κ2) is 8.68. The molecule has 1 amide bonds. The van der Waals surface area contributed by atoms with Gasteiger partial charge in [0.05, 0.1) is 10.6 Å². The van der Waals surface area contributed by atoms with Gasteiger partial charge in [-0.05, 0) is 36.1 Å². The lowest BCUT2D eigenvalue weighted by molar-refractivity contribution is -0.116. The van der Waals surface area contributed by atoms with Gasteiger partial charge < -0.3 is 5.32 Å². The van der Waals surface area contributed by atoms with Crippen molar-refractivity contribution in [1.82, 2.24) is 14.5 Å². The second-order valence-corrected chi connectivity index (χ2v) is 9.40. The van der Waals surface area contributed by atoms with Gasteiger partial charge in [-0.1, -0.05) is 49.4 Å². The van der Waals surface area contributed by atoms with Crippen LogP contribution in [0.2, 0.25) is 0 Å². The molecule has 2 N–H and O–H groups in total. The molecule has 0 unspecified atom stereocenters. The summed E-state index contributed by atoms with van der Waals surface area (Å²) in [7, 11) is -3.80. The van der Waals surface area contributed by atoms with Crippen LogP contribution in [0.5, 0.6) is 0 Å². The van der Waals surface area contributed by atoms with Crippen LogP contribution in [0.1, 0.15) is 41.4 Å². The number of rotatable bonds is 6. The zero-order chi connectivity index (χ0) is 22.9. The van der Waals surface area contributed by atoms with Gasteiger partial charge in [0.2, 0.25) is 21.8 Å². The Morgan fingerprint density at radius 3 is 2.56 bits per heavy atom. The Bertz CT molecular complexity index is 1300. The number of aromatic nitrogens is 2. The standard InChI is InChI=1S/C23H24N4O4S/c1-3-18-22(23-25-20(28)11-12-21(29)27(23)26-18)17-10-9-15(2)19(13-17)32(30,31)24-14-16-7-5-4-6-8-16/h4-10,13,24H,3,11-12,14H2,1-2H3,(H,25,28). The summed E-state index contributed by atoms with van der Waals surface area (Å²) < 4.78 is 30.1. The number of sulfonamides is 1. The molecule has 9 heteroatoms. The van der Waals surface area contributed by atoms with Crippen molar-refractivity contribution in [2.45, 2.75) is 44.6 Å². The van der Waals surface area contributed by atoms with Crippen molar-refractivity contribution in [3.8, 4) is 11.1 Å². The van der Waals surface area contributed by atoms with E-state index in [4.69, 9.17) is 0 Å². The van der Waals surface area contributed by atoms with Crippen molar-refractivity contribution in [1.29, 1.82) is 0 Å². The number of anilines is 1. The summed E-state index contributed by atoms with van der Waals surface area (Å²) >= 11 is 0. The van der Waals surface area contributed by atoms with E-state index in [-0.39, 0.29) is 36.1 Å². The minimum Gasteiger partial charge on any atom is -0.310 e. The molecule has 0 aliphatic carbocycles. The molecule has 32 heavy (non-hydrogen) atoms. The molecule has 1 aliphatic rings. The third kappa shape index (κ3) is 4.21. The maximum absolute atomic E-state index is 13.1. The van der Waals surface area contributed by atoms with Crippen molar-refractivity contribution in [3.63, 3.8) is 0 Å². The highest BCUT2D eigenvalue weighted by Crippen LogP contribution is 2.35. The summed E-state index contributed by atoms with van der Waals surface area (Å²) in [5, 5.41) is 7.17. The van der Waals surface area contributed by atoms with Crippen LogP contribution < -0.4 is 10.0 Å². The molecule has 0 saturated heterocycles. The number of benzene rings is 2. The number of nitrogens with zero attached hydrogens (tertiary/aromatic N) is 2. The van der Waals surface area contributed by atoms with Crippen LogP contribution in [0.3, 0.4) is 0 Å². The van der Waals surface area contributed by atoms with E-state index in [1.165, 1.54) is 4.68 Å². The maximum Gasteiger partial charge on any atom is 0.249 e. The molecule has 0 fully saturated rings. The Balaban J connectivity index is 1.76. The smallest absolute Gasteiger partial charge is 0.249 e. The quantitative estimate of drug-likeness (QED) is 0.596. The van der Waals surface area contributed by atoms with Crippen molar-refractivity contribution < 1.29 is 18.0 Å². The molecule has 0 spiro atoms. The lowest BCUT2D eigenvalue weighted by Crippen LogP contribution is -2.24. The first kappa shape index (κ1) is 21.9. The van der Waals surface area contributed by atoms with E-state index < -0.39 is 10.0 Å². The summed E-state index contributed by atoms with van der Waals surface area (Å²) in [6, 6.07) is 14.3. The lowest BCUT2D eigenvalue weighted by Gasteiger charge is -2.13. The molecule has 1 aliphatic heterocycles. The van der Waals surface area contributed by atoms with E-state index in [0.717, 1.165) is 5.56 Å². The minimum atomic E-state index is -3.80. The zero-order valence-corrected chi connectivity index (χ0v) is 18.7. The summed E-state index contributed by atoms with van der Waals surface area (Å²) in [4.78, 5) is 24.8. The van der Waals surface area contributed by atoms with Gasteiger partial charge in [0.1, 0.15) is 5.82 Å². The predicted octanol–water partition coefficient (Wildman–Crippen LogP) is 3.27. The normalized spacial score (nSPS) is 14.1. The van der Waals surface area contributed by atoms with Crippen LogP contribution in [-0.4, -0.2) is 30.0 Å². The first-order valence-corrected chi connectivity index (χ1v) is 11.9.